The number of aliphatic hydroxyl groups is 1. The van der Waals surface area contributed by atoms with Gasteiger partial charge in [-0.15, -0.1) is 0 Å². The molecule has 6 heteroatoms. The highest BCUT2D eigenvalue weighted by molar-refractivity contribution is 5.98. The molecule has 0 bridgehead atoms. The van der Waals surface area contributed by atoms with Crippen LogP contribution in [0.2, 0.25) is 0 Å². The second kappa shape index (κ2) is 5.55. The fourth-order valence-electron chi connectivity index (χ4n) is 1.74. The van der Waals surface area contributed by atoms with Crippen molar-refractivity contribution in [3.05, 3.63) is 0 Å². The quantitative estimate of drug-likeness (QED) is 0.221. The van der Waals surface area contributed by atoms with Crippen LogP contribution in [-0.4, -0.2) is 34.2 Å². The summed E-state index contributed by atoms with van der Waals surface area (Å²) in [6, 6.07) is -0.197. The third kappa shape index (κ3) is 3.75. The van der Waals surface area contributed by atoms with Crippen molar-refractivity contribution in [1.29, 1.82) is 0 Å². The molecule has 0 saturated heterocycles. The van der Waals surface area contributed by atoms with Crippen molar-refractivity contribution in [3.63, 3.8) is 0 Å². The van der Waals surface area contributed by atoms with Crippen molar-refractivity contribution in [2.45, 2.75) is 44.2 Å². The SMILES string of the molecule is NC(CC(=O)NC1CCCCC1O)=NO. The van der Waals surface area contributed by atoms with Gasteiger partial charge in [-0.2, -0.15) is 0 Å². The minimum absolute atomic E-state index is 0.127. The smallest absolute Gasteiger partial charge is 0.228 e. The fourth-order valence-corrected chi connectivity index (χ4v) is 1.74. The van der Waals surface area contributed by atoms with E-state index in [9.17, 15) is 9.90 Å². The average Bonchev–Trinajstić information content (AvgIpc) is 2.21. The molecule has 0 spiro atoms. The molecule has 0 aromatic rings. The maximum absolute atomic E-state index is 11.3. The number of nitrogens with zero attached hydrogens (tertiary/aromatic N) is 1. The third-order valence-corrected chi connectivity index (χ3v) is 2.55. The van der Waals surface area contributed by atoms with E-state index >= 15 is 0 Å². The van der Waals surface area contributed by atoms with E-state index in [1.165, 1.54) is 0 Å². The van der Waals surface area contributed by atoms with Crippen molar-refractivity contribution in [2.24, 2.45) is 10.9 Å². The third-order valence-electron chi connectivity index (χ3n) is 2.55. The molecule has 1 aliphatic rings. The number of amidine groups is 1. The van der Waals surface area contributed by atoms with Crippen LogP contribution in [0.1, 0.15) is 32.1 Å². The van der Waals surface area contributed by atoms with Gasteiger partial charge in [-0.3, -0.25) is 4.79 Å². The second-order valence-electron chi connectivity index (χ2n) is 3.79. The number of hydrogen-bond acceptors (Lipinski definition) is 4. The van der Waals surface area contributed by atoms with Gasteiger partial charge in [-0.25, -0.2) is 0 Å². The van der Waals surface area contributed by atoms with Crippen LogP contribution in [0.15, 0.2) is 5.16 Å². The lowest BCUT2D eigenvalue weighted by Crippen LogP contribution is -2.45. The zero-order valence-corrected chi connectivity index (χ0v) is 8.52. The number of nitrogens with two attached hydrogens (primary N) is 1. The molecule has 2 unspecified atom stereocenters. The van der Waals surface area contributed by atoms with Gasteiger partial charge < -0.3 is 21.4 Å². The van der Waals surface area contributed by atoms with E-state index < -0.39 is 6.10 Å². The van der Waals surface area contributed by atoms with Crippen molar-refractivity contribution >= 4 is 11.7 Å². The minimum atomic E-state index is -0.477. The molecular formula is C9H17N3O3. The van der Waals surface area contributed by atoms with Gasteiger partial charge in [-0.1, -0.05) is 18.0 Å². The van der Waals surface area contributed by atoms with Gasteiger partial charge in [0.05, 0.1) is 18.6 Å². The standard InChI is InChI=1S/C9H17N3O3/c10-8(12-15)5-9(14)11-6-3-1-2-4-7(6)13/h6-7,13,15H,1-5H2,(H2,10,12)(H,11,14). The summed E-state index contributed by atoms with van der Waals surface area (Å²) in [4.78, 5) is 11.3. The first kappa shape index (κ1) is 11.8. The summed E-state index contributed by atoms with van der Waals surface area (Å²) in [5.41, 5.74) is 5.19. The van der Waals surface area contributed by atoms with Crippen LogP contribution in [0.25, 0.3) is 0 Å². The maximum atomic E-state index is 11.3. The Labute approximate surface area is 88.1 Å². The number of amides is 1. The van der Waals surface area contributed by atoms with Gasteiger partial charge in [-0.05, 0) is 12.8 Å². The van der Waals surface area contributed by atoms with Crippen LogP contribution in [0.3, 0.4) is 0 Å². The normalized spacial score (nSPS) is 27.4. The molecule has 0 radical (unpaired) electrons. The number of carbonyl (C=O) groups excluding carboxylic acids is 1. The van der Waals surface area contributed by atoms with E-state index in [-0.39, 0.29) is 24.2 Å². The topological polar surface area (TPSA) is 108 Å². The van der Waals surface area contributed by atoms with Gasteiger partial charge in [0, 0.05) is 0 Å². The second-order valence-corrected chi connectivity index (χ2v) is 3.79. The monoisotopic (exact) mass is 215 g/mol. The highest BCUT2D eigenvalue weighted by Crippen LogP contribution is 2.18. The Hall–Kier alpha value is -1.30. The lowest BCUT2D eigenvalue weighted by molar-refractivity contribution is -0.121. The van der Waals surface area contributed by atoms with Crippen molar-refractivity contribution in [2.75, 3.05) is 0 Å². The molecule has 6 nitrogen and oxygen atoms in total. The molecule has 15 heavy (non-hydrogen) atoms. The van der Waals surface area contributed by atoms with Gasteiger partial charge in [0.1, 0.15) is 5.84 Å². The van der Waals surface area contributed by atoms with Gasteiger partial charge in [0.25, 0.3) is 0 Å². The van der Waals surface area contributed by atoms with E-state index in [0.29, 0.717) is 6.42 Å². The number of aliphatic hydroxyl groups excluding tert-OH is 1. The van der Waals surface area contributed by atoms with Gasteiger partial charge in [0.15, 0.2) is 0 Å². The van der Waals surface area contributed by atoms with Crippen LogP contribution in [0.4, 0.5) is 0 Å². The molecule has 0 aromatic carbocycles. The Morgan fingerprint density at radius 1 is 1.47 bits per heavy atom. The fraction of sp³-hybridized carbons (Fsp3) is 0.778. The van der Waals surface area contributed by atoms with Crippen LogP contribution in [0.5, 0.6) is 0 Å². The summed E-state index contributed by atoms with van der Waals surface area (Å²) in [5.74, 6) is -0.450. The summed E-state index contributed by atoms with van der Waals surface area (Å²) >= 11 is 0. The average molecular weight is 215 g/mol. The number of nitrogens with one attached hydrogen (secondary N) is 1. The van der Waals surface area contributed by atoms with E-state index in [0.717, 1.165) is 19.3 Å². The minimum Gasteiger partial charge on any atom is -0.409 e. The summed E-state index contributed by atoms with van der Waals surface area (Å²) in [6.45, 7) is 0. The Morgan fingerprint density at radius 2 is 2.13 bits per heavy atom. The first-order valence-corrected chi connectivity index (χ1v) is 5.07. The molecule has 86 valence electrons. The van der Waals surface area contributed by atoms with E-state index in [2.05, 4.69) is 10.5 Å². The van der Waals surface area contributed by atoms with Crippen LogP contribution >= 0.6 is 0 Å². The molecule has 1 rings (SSSR count). The Kier molecular flexibility index (Phi) is 4.36. The van der Waals surface area contributed by atoms with E-state index in [4.69, 9.17) is 10.9 Å². The molecule has 0 heterocycles. The molecular weight excluding hydrogens is 198 g/mol. The molecule has 1 aliphatic carbocycles. The Bertz CT molecular complexity index is 255. The molecule has 1 amide bonds. The van der Waals surface area contributed by atoms with Gasteiger partial charge in [0.2, 0.25) is 5.91 Å². The molecule has 2 atom stereocenters. The molecule has 0 aromatic heterocycles. The highest BCUT2D eigenvalue weighted by atomic mass is 16.4. The summed E-state index contributed by atoms with van der Waals surface area (Å²) in [5, 5.41) is 23.2. The number of hydrogen-bond donors (Lipinski definition) is 4. The molecule has 1 fully saturated rings. The van der Waals surface area contributed by atoms with Crippen molar-refractivity contribution < 1.29 is 15.1 Å². The number of rotatable bonds is 3. The van der Waals surface area contributed by atoms with Crippen LogP contribution in [-0.2, 0) is 4.79 Å². The lowest BCUT2D eigenvalue weighted by Gasteiger charge is -2.28. The Balaban J connectivity index is 2.36. The molecule has 1 saturated carbocycles. The first-order chi connectivity index (χ1) is 7.13. The maximum Gasteiger partial charge on any atom is 0.228 e. The summed E-state index contributed by atoms with van der Waals surface area (Å²) in [6.07, 6.45) is 2.88. The molecule has 0 aliphatic heterocycles. The van der Waals surface area contributed by atoms with Gasteiger partial charge >= 0.3 is 0 Å². The lowest BCUT2D eigenvalue weighted by atomic mass is 9.92. The highest BCUT2D eigenvalue weighted by Gasteiger charge is 2.24. The van der Waals surface area contributed by atoms with Crippen molar-refractivity contribution in [3.8, 4) is 0 Å². The summed E-state index contributed by atoms with van der Waals surface area (Å²) < 4.78 is 0. The predicted octanol–water partition coefficient (Wildman–Crippen LogP) is -0.457. The number of oxime groups is 1. The zero-order chi connectivity index (χ0) is 11.3. The molecule has 5 N–H and O–H groups in total. The number of carbonyl (C=O) groups is 1. The zero-order valence-electron chi connectivity index (χ0n) is 8.52. The predicted molar refractivity (Wildman–Crippen MR) is 54.4 cm³/mol. The van der Waals surface area contributed by atoms with E-state index in [1.54, 1.807) is 0 Å². The first-order valence-electron chi connectivity index (χ1n) is 5.07. The Morgan fingerprint density at radius 3 is 2.73 bits per heavy atom. The van der Waals surface area contributed by atoms with Crippen LogP contribution in [0, 0.1) is 0 Å². The van der Waals surface area contributed by atoms with Crippen LogP contribution < -0.4 is 11.1 Å². The van der Waals surface area contributed by atoms with Crippen molar-refractivity contribution in [1.82, 2.24) is 5.32 Å². The van der Waals surface area contributed by atoms with E-state index in [1.807, 2.05) is 0 Å². The largest absolute Gasteiger partial charge is 0.409 e. The summed E-state index contributed by atoms with van der Waals surface area (Å²) in [7, 11) is 0.